The van der Waals surface area contributed by atoms with E-state index in [9.17, 15) is 4.79 Å². The van der Waals surface area contributed by atoms with Gasteiger partial charge in [-0.25, -0.2) is 4.98 Å². The van der Waals surface area contributed by atoms with Gasteiger partial charge in [0.15, 0.2) is 0 Å². The number of nitrogens with one attached hydrogen (secondary N) is 1. The Morgan fingerprint density at radius 1 is 1.28 bits per heavy atom. The molecule has 0 aliphatic rings. The Morgan fingerprint density at radius 2 is 2.04 bits per heavy atom. The molecule has 0 aliphatic carbocycles. The van der Waals surface area contributed by atoms with Crippen molar-refractivity contribution in [2.75, 3.05) is 0 Å². The van der Waals surface area contributed by atoms with Gasteiger partial charge in [0.2, 0.25) is 0 Å². The first-order chi connectivity index (χ1) is 11.9. The third kappa shape index (κ3) is 3.29. The average Bonchev–Trinajstić information content (AvgIpc) is 3.09. The number of hydrogen-bond donors (Lipinski definition) is 1. The number of carbonyl (C=O) groups excluding carboxylic acids is 1. The van der Waals surface area contributed by atoms with Crippen LogP contribution in [0.15, 0.2) is 21.1 Å². The highest BCUT2D eigenvalue weighted by molar-refractivity contribution is 6.07. The van der Waals surface area contributed by atoms with E-state index in [2.05, 4.69) is 22.4 Å². The smallest absolute Gasteiger partial charge is 0.259 e. The Bertz CT molecular complexity index is 924. The van der Waals surface area contributed by atoms with Crippen molar-refractivity contribution < 1.29 is 13.7 Å². The zero-order valence-electron chi connectivity index (χ0n) is 15.3. The van der Waals surface area contributed by atoms with E-state index >= 15 is 0 Å². The maximum atomic E-state index is 12.8. The lowest BCUT2D eigenvalue weighted by Crippen LogP contribution is -2.32. The lowest BCUT2D eigenvalue weighted by atomic mass is 10.0. The predicted octanol–water partition coefficient (Wildman–Crippen LogP) is 4.33. The molecule has 0 saturated carbocycles. The Hall–Kier alpha value is -2.63. The molecule has 6 heteroatoms. The molecule has 1 atom stereocenters. The molecule has 25 heavy (non-hydrogen) atoms. The normalized spacial score (nSPS) is 12.5. The second kappa shape index (κ2) is 6.70. The minimum atomic E-state index is -0.140. The van der Waals surface area contributed by atoms with Crippen LogP contribution in [-0.4, -0.2) is 22.1 Å². The summed E-state index contributed by atoms with van der Waals surface area (Å²) in [6.45, 7) is 9.67. The van der Waals surface area contributed by atoms with Crippen molar-refractivity contribution in [1.82, 2.24) is 15.5 Å². The van der Waals surface area contributed by atoms with Crippen LogP contribution < -0.4 is 5.32 Å². The maximum Gasteiger partial charge on any atom is 0.259 e. The van der Waals surface area contributed by atoms with Crippen LogP contribution in [0.4, 0.5) is 0 Å². The molecule has 3 aromatic rings. The first-order valence-electron chi connectivity index (χ1n) is 8.56. The third-order valence-corrected chi connectivity index (χ3v) is 4.28. The first-order valence-corrected chi connectivity index (χ1v) is 8.56. The number of rotatable bonds is 5. The van der Waals surface area contributed by atoms with Crippen LogP contribution in [0.1, 0.15) is 54.3 Å². The van der Waals surface area contributed by atoms with Gasteiger partial charge in [-0.3, -0.25) is 4.79 Å². The van der Waals surface area contributed by atoms with Crippen molar-refractivity contribution in [3.63, 3.8) is 0 Å². The summed E-state index contributed by atoms with van der Waals surface area (Å²) in [7, 11) is 0. The summed E-state index contributed by atoms with van der Waals surface area (Å²) in [6.07, 6.45) is 1.94. The van der Waals surface area contributed by atoms with Gasteiger partial charge in [0.1, 0.15) is 11.5 Å². The SMILES string of the molecule is CCCC(C)NC(=O)c1cc(-c2cc(C)oc2C)nc2onc(C)c12. The largest absolute Gasteiger partial charge is 0.466 e. The first kappa shape index (κ1) is 17.2. The van der Waals surface area contributed by atoms with Crippen LogP contribution >= 0.6 is 0 Å². The van der Waals surface area contributed by atoms with E-state index in [0.29, 0.717) is 28.1 Å². The summed E-state index contributed by atoms with van der Waals surface area (Å²) in [6, 6.07) is 3.80. The zero-order chi connectivity index (χ0) is 18.1. The molecule has 0 fully saturated rings. The van der Waals surface area contributed by atoms with Crippen molar-refractivity contribution in [3.05, 3.63) is 34.9 Å². The molecule has 0 aliphatic heterocycles. The second-order valence-electron chi connectivity index (χ2n) is 6.49. The number of carbonyl (C=O) groups is 1. The number of amides is 1. The van der Waals surface area contributed by atoms with Crippen molar-refractivity contribution in [2.45, 2.75) is 53.5 Å². The van der Waals surface area contributed by atoms with Gasteiger partial charge in [0, 0.05) is 11.6 Å². The van der Waals surface area contributed by atoms with E-state index in [-0.39, 0.29) is 11.9 Å². The van der Waals surface area contributed by atoms with Gasteiger partial charge in [-0.15, -0.1) is 0 Å². The van der Waals surface area contributed by atoms with E-state index in [1.807, 2.05) is 33.8 Å². The van der Waals surface area contributed by atoms with Gasteiger partial charge in [0.25, 0.3) is 11.6 Å². The molecule has 0 saturated heterocycles. The number of fused-ring (bicyclic) bond motifs is 1. The van der Waals surface area contributed by atoms with Crippen LogP contribution in [0.25, 0.3) is 22.4 Å². The lowest BCUT2D eigenvalue weighted by Gasteiger charge is -2.13. The molecule has 0 radical (unpaired) electrons. The molecule has 1 N–H and O–H groups in total. The zero-order valence-corrected chi connectivity index (χ0v) is 15.3. The Labute approximate surface area is 146 Å². The van der Waals surface area contributed by atoms with Gasteiger partial charge in [-0.1, -0.05) is 18.5 Å². The maximum absolute atomic E-state index is 12.8. The summed E-state index contributed by atoms with van der Waals surface area (Å²) in [5.41, 5.74) is 3.04. The third-order valence-electron chi connectivity index (χ3n) is 4.28. The topological polar surface area (TPSA) is 81.2 Å². The summed E-state index contributed by atoms with van der Waals surface area (Å²) >= 11 is 0. The van der Waals surface area contributed by atoms with Crippen LogP contribution in [0.2, 0.25) is 0 Å². The minimum absolute atomic E-state index is 0.0993. The predicted molar refractivity (Wildman–Crippen MR) is 95.6 cm³/mol. The highest BCUT2D eigenvalue weighted by Crippen LogP contribution is 2.30. The molecule has 132 valence electrons. The second-order valence-corrected chi connectivity index (χ2v) is 6.49. The minimum Gasteiger partial charge on any atom is -0.466 e. The molecule has 3 rings (SSSR count). The molecule has 1 unspecified atom stereocenters. The Kier molecular flexibility index (Phi) is 4.61. The molecule has 6 nitrogen and oxygen atoms in total. The van der Waals surface area contributed by atoms with E-state index < -0.39 is 0 Å². The van der Waals surface area contributed by atoms with Gasteiger partial charge < -0.3 is 14.3 Å². The number of nitrogens with zero attached hydrogens (tertiary/aromatic N) is 2. The van der Waals surface area contributed by atoms with E-state index in [0.717, 1.165) is 29.9 Å². The molecular formula is C19H23N3O3. The van der Waals surface area contributed by atoms with Crippen LogP contribution in [0.3, 0.4) is 0 Å². The van der Waals surface area contributed by atoms with Gasteiger partial charge >= 0.3 is 0 Å². The number of pyridine rings is 1. The molecule has 3 aromatic heterocycles. The summed E-state index contributed by atoms with van der Waals surface area (Å²) in [4.78, 5) is 17.4. The fourth-order valence-electron chi connectivity index (χ4n) is 3.10. The lowest BCUT2D eigenvalue weighted by molar-refractivity contribution is 0.0940. The fourth-order valence-corrected chi connectivity index (χ4v) is 3.10. The van der Waals surface area contributed by atoms with Gasteiger partial charge in [-0.05, 0) is 46.2 Å². The van der Waals surface area contributed by atoms with Gasteiger partial charge in [-0.2, -0.15) is 0 Å². The number of furan rings is 1. The molecule has 0 aromatic carbocycles. The molecule has 3 heterocycles. The number of aryl methyl sites for hydroxylation is 3. The average molecular weight is 341 g/mol. The van der Waals surface area contributed by atoms with Crippen LogP contribution in [-0.2, 0) is 0 Å². The quantitative estimate of drug-likeness (QED) is 0.747. The van der Waals surface area contributed by atoms with Gasteiger partial charge in [0.05, 0.1) is 22.3 Å². The standard InChI is InChI=1S/C19H23N3O3/c1-6-7-10(2)20-18(23)15-9-16(14-8-11(3)24-13(14)5)21-19-17(15)12(4)22-25-19/h8-10H,6-7H2,1-5H3,(H,20,23). The van der Waals surface area contributed by atoms with E-state index in [1.54, 1.807) is 6.07 Å². The molecule has 0 spiro atoms. The number of hydrogen-bond acceptors (Lipinski definition) is 5. The van der Waals surface area contributed by atoms with E-state index in [1.165, 1.54) is 0 Å². The summed E-state index contributed by atoms with van der Waals surface area (Å²) in [5.74, 6) is 1.41. The van der Waals surface area contributed by atoms with Crippen molar-refractivity contribution in [3.8, 4) is 11.3 Å². The van der Waals surface area contributed by atoms with E-state index in [4.69, 9.17) is 8.94 Å². The van der Waals surface area contributed by atoms with Crippen LogP contribution in [0, 0.1) is 20.8 Å². The molecule has 0 bridgehead atoms. The highest BCUT2D eigenvalue weighted by Gasteiger charge is 2.21. The Balaban J connectivity index is 2.11. The summed E-state index contributed by atoms with van der Waals surface area (Å²) in [5, 5.41) is 7.68. The fraction of sp³-hybridized carbons (Fsp3) is 0.421. The van der Waals surface area contributed by atoms with Crippen LogP contribution in [0.5, 0.6) is 0 Å². The van der Waals surface area contributed by atoms with Crippen molar-refractivity contribution in [2.24, 2.45) is 0 Å². The monoisotopic (exact) mass is 341 g/mol. The molecular weight excluding hydrogens is 318 g/mol. The number of aromatic nitrogens is 2. The molecule has 1 amide bonds. The van der Waals surface area contributed by atoms with Crippen molar-refractivity contribution in [1.29, 1.82) is 0 Å². The summed E-state index contributed by atoms with van der Waals surface area (Å²) < 4.78 is 10.9. The van der Waals surface area contributed by atoms with Crippen molar-refractivity contribution >= 4 is 17.0 Å². The Morgan fingerprint density at radius 3 is 2.68 bits per heavy atom. The highest BCUT2D eigenvalue weighted by atomic mass is 16.5.